The molecule has 0 bridgehead atoms. The summed E-state index contributed by atoms with van der Waals surface area (Å²) in [7, 11) is 0. The Morgan fingerprint density at radius 3 is 2.71 bits per heavy atom. The van der Waals surface area contributed by atoms with E-state index in [1.54, 1.807) is 0 Å². The summed E-state index contributed by atoms with van der Waals surface area (Å²) >= 11 is 0. The van der Waals surface area contributed by atoms with E-state index in [0.717, 1.165) is 11.3 Å². The van der Waals surface area contributed by atoms with Crippen molar-refractivity contribution < 1.29 is 4.74 Å². The van der Waals surface area contributed by atoms with Gasteiger partial charge in [-0.05, 0) is 24.5 Å². The van der Waals surface area contributed by atoms with Crippen molar-refractivity contribution >= 4 is 0 Å². The third kappa shape index (κ3) is 1.40. The minimum Gasteiger partial charge on any atom is -0.488 e. The first-order chi connectivity index (χ1) is 6.59. The standard InChI is InChI=1S/C12H17NO/c1-7(2)9-4-5-11-10(6-9)12(13)8(3)14-11/h4-8,12H,13H2,1-3H3. The highest BCUT2D eigenvalue weighted by Crippen LogP contribution is 2.36. The van der Waals surface area contributed by atoms with Gasteiger partial charge in [-0.15, -0.1) is 0 Å². The maximum atomic E-state index is 6.03. The number of rotatable bonds is 1. The molecular formula is C12H17NO. The van der Waals surface area contributed by atoms with Gasteiger partial charge < -0.3 is 10.5 Å². The Morgan fingerprint density at radius 2 is 2.07 bits per heavy atom. The van der Waals surface area contributed by atoms with Gasteiger partial charge in [0.25, 0.3) is 0 Å². The highest BCUT2D eigenvalue weighted by molar-refractivity contribution is 5.43. The van der Waals surface area contributed by atoms with Crippen LogP contribution in [0.25, 0.3) is 0 Å². The van der Waals surface area contributed by atoms with E-state index in [4.69, 9.17) is 10.5 Å². The molecule has 2 N–H and O–H groups in total. The second-order valence-electron chi connectivity index (χ2n) is 4.30. The quantitative estimate of drug-likeness (QED) is 0.740. The van der Waals surface area contributed by atoms with Crippen molar-refractivity contribution in [1.29, 1.82) is 0 Å². The molecule has 1 aliphatic heterocycles. The first kappa shape index (κ1) is 9.53. The molecule has 2 heteroatoms. The van der Waals surface area contributed by atoms with Crippen LogP contribution in [0.3, 0.4) is 0 Å². The summed E-state index contributed by atoms with van der Waals surface area (Å²) in [5.74, 6) is 1.50. The molecular weight excluding hydrogens is 174 g/mol. The molecule has 14 heavy (non-hydrogen) atoms. The molecule has 0 saturated carbocycles. The van der Waals surface area contributed by atoms with Gasteiger partial charge in [-0.25, -0.2) is 0 Å². The summed E-state index contributed by atoms with van der Waals surface area (Å²) in [5.41, 5.74) is 8.52. The van der Waals surface area contributed by atoms with Gasteiger partial charge in [0.15, 0.2) is 0 Å². The van der Waals surface area contributed by atoms with E-state index in [2.05, 4.69) is 26.0 Å². The molecule has 0 aliphatic carbocycles. The largest absolute Gasteiger partial charge is 0.488 e. The SMILES string of the molecule is CC(C)c1ccc2c(c1)C(N)C(C)O2. The van der Waals surface area contributed by atoms with Crippen molar-refractivity contribution in [3.8, 4) is 5.75 Å². The molecule has 1 aromatic carbocycles. The summed E-state index contributed by atoms with van der Waals surface area (Å²) in [6, 6.07) is 6.36. The van der Waals surface area contributed by atoms with Crippen LogP contribution >= 0.6 is 0 Å². The van der Waals surface area contributed by atoms with Crippen molar-refractivity contribution in [2.45, 2.75) is 38.8 Å². The average molecular weight is 191 g/mol. The Morgan fingerprint density at radius 1 is 1.36 bits per heavy atom. The van der Waals surface area contributed by atoms with E-state index in [9.17, 15) is 0 Å². The molecule has 2 rings (SSSR count). The summed E-state index contributed by atoms with van der Waals surface area (Å²) in [6.45, 7) is 6.39. The second-order valence-corrected chi connectivity index (χ2v) is 4.30. The Kier molecular flexibility index (Phi) is 2.23. The van der Waals surface area contributed by atoms with E-state index in [1.165, 1.54) is 5.56 Å². The third-order valence-corrected chi connectivity index (χ3v) is 2.88. The number of ether oxygens (including phenoxy) is 1. The zero-order valence-electron chi connectivity index (χ0n) is 8.95. The van der Waals surface area contributed by atoms with Gasteiger partial charge in [0.1, 0.15) is 11.9 Å². The van der Waals surface area contributed by atoms with Crippen molar-refractivity contribution in [3.63, 3.8) is 0 Å². The van der Waals surface area contributed by atoms with Crippen molar-refractivity contribution in [1.82, 2.24) is 0 Å². The number of fused-ring (bicyclic) bond motifs is 1. The summed E-state index contributed by atoms with van der Waals surface area (Å²) in [5, 5.41) is 0. The lowest BCUT2D eigenvalue weighted by molar-refractivity contribution is 0.228. The molecule has 0 radical (unpaired) electrons. The molecule has 1 aliphatic rings. The molecule has 0 amide bonds. The maximum Gasteiger partial charge on any atom is 0.124 e. The zero-order chi connectivity index (χ0) is 10.3. The Hall–Kier alpha value is -1.02. The topological polar surface area (TPSA) is 35.2 Å². The lowest BCUT2D eigenvalue weighted by Gasteiger charge is -2.09. The Balaban J connectivity index is 2.41. The third-order valence-electron chi connectivity index (χ3n) is 2.88. The van der Waals surface area contributed by atoms with Crippen LogP contribution in [0.15, 0.2) is 18.2 Å². The molecule has 0 fully saturated rings. The summed E-state index contributed by atoms with van der Waals surface area (Å²) in [4.78, 5) is 0. The monoisotopic (exact) mass is 191 g/mol. The molecule has 0 aromatic heterocycles. The fourth-order valence-corrected chi connectivity index (χ4v) is 1.82. The first-order valence-corrected chi connectivity index (χ1v) is 5.15. The van der Waals surface area contributed by atoms with E-state index in [1.807, 2.05) is 13.0 Å². The van der Waals surface area contributed by atoms with Crippen molar-refractivity contribution in [2.24, 2.45) is 5.73 Å². The van der Waals surface area contributed by atoms with Crippen LogP contribution < -0.4 is 10.5 Å². The molecule has 76 valence electrons. The fraction of sp³-hybridized carbons (Fsp3) is 0.500. The van der Waals surface area contributed by atoms with Crippen LogP contribution in [-0.2, 0) is 0 Å². The predicted molar refractivity (Wildman–Crippen MR) is 57.5 cm³/mol. The minimum atomic E-state index is 0.0312. The molecule has 0 spiro atoms. The maximum absolute atomic E-state index is 6.03. The van der Waals surface area contributed by atoms with E-state index < -0.39 is 0 Å². The van der Waals surface area contributed by atoms with Crippen LogP contribution in [0.1, 0.15) is 43.9 Å². The lowest BCUT2D eigenvalue weighted by atomic mass is 9.97. The smallest absolute Gasteiger partial charge is 0.124 e. The average Bonchev–Trinajstić information content (AvgIpc) is 2.43. The van der Waals surface area contributed by atoms with Crippen LogP contribution in [0.5, 0.6) is 5.75 Å². The second kappa shape index (κ2) is 3.28. The van der Waals surface area contributed by atoms with Gasteiger partial charge in [0.2, 0.25) is 0 Å². The Bertz CT molecular complexity index is 346. The van der Waals surface area contributed by atoms with E-state index >= 15 is 0 Å². The van der Waals surface area contributed by atoms with Crippen LogP contribution in [0.4, 0.5) is 0 Å². The summed E-state index contributed by atoms with van der Waals surface area (Å²) < 4.78 is 5.63. The predicted octanol–water partition coefficient (Wildman–Crippen LogP) is 2.59. The number of hydrogen-bond donors (Lipinski definition) is 1. The summed E-state index contributed by atoms with van der Waals surface area (Å²) in [6.07, 6.45) is 0.104. The highest BCUT2D eigenvalue weighted by Gasteiger charge is 2.28. The molecule has 1 aromatic rings. The molecule has 0 saturated heterocycles. The first-order valence-electron chi connectivity index (χ1n) is 5.15. The van der Waals surface area contributed by atoms with E-state index in [0.29, 0.717) is 5.92 Å². The van der Waals surface area contributed by atoms with Gasteiger partial charge in [-0.1, -0.05) is 26.0 Å². The van der Waals surface area contributed by atoms with Crippen molar-refractivity contribution in [3.05, 3.63) is 29.3 Å². The van der Waals surface area contributed by atoms with Gasteiger partial charge >= 0.3 is 0 Å². The molecule has 2 nitrogen and oxygen atoms in total. The van der Waals surface area contributed by atoms with Gasteiger partial charge in [-0.2, -0.15) is 0 Å². The highest BCUT2D eigenvalue weighted by atomic mass is 16.5. The number of hydrogen-bond acceptors (Lipinski definition) is 2. The fourth-order valence-electron chi connectivity index (χ4n) is 1.82. The molecule has 2 atom stereocenters. The minimum absolute atomic E-state index is 0.0312. The van der Waals surface area contributed by atoms with Gasteiger partial charge in [0, 0.05) is 5.56 Å². The Labute approximate surface area is 85.1 Å². The van der Waals surface area contributed by atoms with Gasteiger partial charge in [-0.3, -0.25) is 0 Å². The zero-order valence-corrected chi connectivity index (χ0v) is 8.95. The van der Waals surface area contributed by atoms with Crippen molar-refractivity contribution in [2.75, 3.05) is 0 Å². The molecule has 1 heterocycles. The normalized spacial score (nSPS) is 24.9. The van der Waals surface area contributed by atoms with Gasteiger partial charge in [0.05, 0.1) is 6.04 Å². The van der Waals surface area contributed by atoms with Crippen LogP contribution in [-0.4, -0.2) is 6.10 Å². The van der Waals surface area contributed by atoms with Crippen LogP contribution in [0.2, 0.25) is 0 Å². The number of benzene rings is 1. The number of nitrogens with two attached hydrogens (primary N) is 1. The van der Waals surface area contributed by atoms with Crippen LogP contribution in [0, 0.1) is 0 Å². The lowest BCUT2D eigenvalue weighted by Crippen LogP contribution is -2.21. The molecule has 2 unspecified atom stereocenters. The van der Waals surface area contributed by atoms with E-state index in [-0.39, 0.29) is 12.1 Å².